The highest BCUT2D eigenvalue weighted by Crippen LogP contribution is 2.29. The first-order valence-corrected chi connectivity index (χ1v) is 7.02. The lowest BCUT2D eigenvalue weighted by Crippen LogP contribution is -2.15. The van der Waals surface area contributed by atoms with E-state index in [1.165, 1.54) is 7.11 Å². The van der Waals surface area contributed by atoms with Gasteiger partial charge in [-0.3, -0.25) is 4.99 Å². The summed E-state index contributed by atoms with van der Waals surface area (Å²) in [5, 5.41) is 0. The minimum absolute atomic E-state index is 0.375. The first kappa shape index (κ1) is 17.2. The molecular weight excluding hydrogens is 268 g/mol. The number of rotatable bonds is 7. The second kappa shape index (κ2) is 8.42. The molecule has 5 nitrogen and oxygen atoms in total. The average molecular weight is 292 g/mol. The summed E-state index contributed by atoms with van der Waals surface area (Å²) < 4.78 is 10.3. The molecule has 1 aromatic carbocycles. The standard InChI is InChI=1S/C16H24N2O3/c1-6-21-15-8-7-13(16(19)20-5)11-14(15)17-12(2)9-10-18(3)4/h7-8,11H,6,9-10H2,1-5H3/b17-12+. The molecule has 0 saturated heterocycles. The highest BCUT2D eigenvalue weighted by Gasteiger charge is 2.10. The van der Waals surface area contributed by atoms with Gasteiger partial charge in [-0.25, -0.2) is 4.79 Å². The third kappa shape index (κ3) is 5.55. The Hall–Kier alpha value is -1.88. The Labute approximate surface area is 126 Å². The van der Waals surface area contributed by atoms with Crippen molar-refractivity contribution in [2.45, 2.75) is 20.3 Å². The molecule has 0 aliphatic rings. The predicted molar refractivity (Wildman–Crippen MR) is 84.9 cm³/mol. The van der Waals surface area contributed by atoms with Crippen molar-refractivity contribution in [3.8, 4) is 5.75 Å². The van der Waals surface area contributed by atoms with Gasteiger partial charge in [0.05, 0.1) is 19.3 Å². The van der Waals surface area contributed by atoms with E-state index in [0.717, 1.165) is 18.7 Å². The van der Waals surface area contributed by atoms with Crippen LogP contribution in [0.4, 0.5) is 5.69 Å². The number of aliphatic imine (C=N–C) groups is 1. The van der Waals surface area contributed by atoms with Crippen molar-refractivity contribution in [1.29, 1.82) is 0 Å². The lowest BCUT2D eigenvalue weighted by atomic mass is 10.2. The van der Waals surface area contributed by atoms with Gasteiger partial charge in [0.2, 0.25) is 0 Å². The number of nitrogens with zero attached hydrogens (tertiary/aromatic N) is 2. The molecule has 1 aromatic rings. The van der Waals surface area contributed by atoms with Crippen LogP contribution in [0.25, 0.3) is 0 Å². The van der Waals surface area contributed by atoms with Crippen LogP contribution >= 0.6 is 0 Å². The van der Waals surface area contributed by atoms with E-state index in [1.807, 2.05) is 27.9 Å². The largest absolute Gasteiger partial charge is 0.492 e. The van der Waals surface area contributed by atoms with Crippen LogP contribution in [-0.4, -0.2) is 50.9 Å². The van der Waals surface area contributed by atoms with Gasteiger partial charge < -0.3 is 14.4 Å². The third-order valence-corrected chi connectivity index (χ3v) is 2.91. The number of hydrogen-bond acceptors (Lipinski definition) is 5. The van der Waals surface area contributed by atoms with E-state index in [2.05, 4.69) is 9.89 Å². The highest BCUT2D eigenvalue weighted by atomic mass is 16.5. The van der Waals surface area contributed by atoms with Crippen LogP contribution in [0.2, 0.25) is 0 Å². The van der Waals surface area contributed by atoms with Crippen molar-refractivity contribution < 1.29 is 14.3 Å². The number of benzene rings is 1. The van der Waals surface area contributed by atoms with E-state index in [0.29, 0.717) is 23.6 Å². The van der Waals surface area contributed by atoms with Crippen LogP contribution in [0.15, 0.2) is 23.2 Å². The Morgan fingerprint density at radius 1 is 1.33 bits per heavy atom. The van der Waals surface area contributed by atoms with Crippen LogP contribution in [0, 0.1) is 0 Å². The molecule has 0 bridgehead atoms. The van der Waals surface area contributed by atoms with Gasteiger partial charge in [-0.15, -0.1) is 0 Å². The third-order valence-electron chi connectivity index (χ3n) is 2.91. The zero-order chi connectivity index (χ0) is 15.8. The smallest absolute Gasteiger partial charge is 0.337 e. The van der Waals surface area contributed by atoms with E-state index in [1.54, 1.807) is 18.2 Å². The highest BCUT2D eigenvalue weighted by molar-refractivity contribution is 5.92. The van der Waals surface area contributed by atoms with E-state index in [9.17, 15) is 4.79 Å². The maximum Gasteiger partial charge on any atom is 0.337 e. The zero-order valence-electron chi connectivity index (χ0n) is 13.5. The first-order valence-electron chi connectivity index (χ1n) is 7.02. The summed E-state index contributed by atoms with van der Waals surface area (Å²) in [5.74, 6) is 0.301. The van der Waals surface area contributed by atoms with E-state index in [4.69, 9.17) is 9.47 Å². The normalized spacial score (nSPS) is 11.6. The van der Waals surface area contributed by atoms with E-state index < -0.39 is 0 Å². The summed E-state index contributed by atoms with van der Waals surface area (Å²) in [4.78, 5) is 18.3. The SMILES string of the molecule is CCOc1ccc(C(=O)OC)cc1/N=C(\C)CCN(C)C. The van der Waals surface area contributed by atoms with Gasteiger partial charge in [-0.2, -0.15) is 0 Å². The topological polar surface area (TPSA) is 51.1 Å². The molecule has 0 heterocycles. The molecule has 0 spiro atoms. The number of carbonyl (C=O) groups excluding carboxylic acids is 1. The minimum Gasteiger partial charge on any atom is -0.492 e. The molecule has 0 unspecified atom stereocenters. The molecule has 21 heavy (non-hydrogen) atoms. The van der Waals surface area contributed by atoms with Crippen LogP contribution in [0.1, 0.15) is 30.6 Å². The Morgan fingerprint density at radius 2 is 2.05 bits per heavy atom. The summed E-state index contributed by atoms with van der Waals surface area (Å²) in [7, 11) is 5.41. The molecule has 0 aromatic heterocycles. The molecular formula is C16H24N2O3. The molecule has 5 heteroatoms. The van der Waals surface area contributed by atoms with Crippen LogP contribution in [0.3, 0.4) is 0 Å². The number of carbonyl (C=O) groups is 1. The summed E-state index contributed by atoms with van der Waals surface area (Å²) in [6.45, 7) is 5.37. The monoisotopic (exact) mass is 292 g/mol. The van der Waals surface area contributed by atoms with Crippen molar-refractivity contribution in [2.75, 3.05) is 34.4 Å². The van der Waals surface area contributed by atoms with Crippen LogP contribution < -0.4 is 4.74 Å². The Bertz CT molecular complexity index is 510. The summed E-state index contributed by atoms with van der Waals surface area (Å²) in [5.41, 5.74) is 2.13. The molecule has 0 atom stereocenters. The number of hydrogen-bond donors (Lipinski definition) is 0. The number of ether oxygens (including phenoxy) is 2. The predicted octanol–water partition coefficient (Wildman–Crippen LogP) is 2.92. The maximum atomic E-state index is 11.6. The van der Waals surface area contributed by atoms with Crippen molar-refractivity contribution in [1.82, 2.24) is 4.90 Å². The lowest BCUT2D eigenvalue weighted by molar-refractivity contribution is 0.0600. The molecule has 0 radical (unpaired) electrons. The molecule has 0 N–H and O–H groups in total. The number of methoxy groups -OCH3 is 1. The van der Waals surface area contributed by atoms with Gasteiger partial charge >= 0.3 is 5.97 Å². The molecule has 0 fully saturated rings. The van der Waals surface area contributed by atoms with Gasteiger partial charge in [-0.05, 0) is 52.6 Å². The Kier molecular flexibility index (Phi) is 6.88. The molecule has 116 valence electrons. The Morgan fingerprint density at radius 3 is 2.62 bits per heavy atom. The van der Waals surface area contributed by atoms with E-state index >= 15 is 0 Å². The summed E-state index contributed by atoms with van der Waals surface area (Å²) in [6, 6.07) is 5.15. The van der Waals surface area contributed by atoms with Crippen molar-refractivity contribution >= 4 is 17.4 Å². The zero-order valence-corrected chi connectivity index (χ0v) is 13.5. The minimum atomic E-state index is -0.375. The fourth-order valence-electron chi connectivity index (χ4n) is 1.77. The molecule has 0 amide bonds. The van der Waals surface area contributed by atoms with Gasteiger partial charge in [0, 0.05) is 12.3 Å². The van der Waals surface area contributed by atoms with Crippen LogP contribution in [-0.2, 0) is 4.74 Å². The maximum absolute atomic E-state index is 11.6. The van der Waals surface area contributed by atoms with Gasteiger partial charge in [0.1, 0.15) is 11.4 Å². The lowest BCUT2D eigenvalue weighted by Gasteiger charge is -2.11. The Balaban J connectivity index is 3.05. The molecule has 1 rings (SSSR count). The van der Waals surface area contributed by atoms with Gasteiger partial charge in [0.25, 0.3) is 0 Å². The average Bonchev–Trinajstić information content (AvgIpc) is 2.46. The quantitative estimate of drug-likeness (QED) is 0.573. The van der Waals surface area contributed by atoms with Crippen LogP contribution in [0.5, 0.6) is 5.75 Å². The molecule has 0 aliphatic heterocycles. The fraction of sp³-hybridized carbons (Fsp3) is 0.500. The van der Waals surface area contributed by atoms with E-state index in [-0.39, 0.29) is 5.97 Å². The second-order valence-electron chi connectivity index (χ2n) is 5.01. The van der Waals surface area contributed by atoms with Gasteiger partial charge in [0.15, 0.2) is 0 Å². The van der Waals surface area contributed by atoms with Gasteiger partial charge in [-0.1, -0.05) is 0 Å². The van der Waals surface area contributed by atoms with Crippen molar-refractivity contribution in [3.05, 3.63) is 23.8 Å². The fourth-order valence-corrected chi connectivity index (χ4v) is 1.77. The summed E-state index contributed by atoms with van der Waals surface area (Å²) in [6.07, 6.45) is 0.862. The second-order valence-corrected chi connectivity index (χ2v) is 5.01. The first-order chi connectivity index (χ1) is 9.97. The number of esters is 1. The van der Waals surface area contributed by atoms with Crippen molar-refractivity contribution in [3.63, 3.8) is 0 Å². The molecule has 0 aliphatic carbocycles. The molecule has 0 saturated carbocycles. The van der Waals surface area contributed by atoms with Crippen molar-refractivity contribution in [2.24, 2.45) is 4.99 Å². The summed E-state index contributed by atoms with van der Waals surface area (Å²) >= 11 is 0.